The van der Waals surface area contributed by atoms with Crippen molar-refractivity contribution in [3.05, 3.63) is 40.2 Å². The van der Waals surface area contributed by atoms with Gasteiger partial charge in [-0.15, -0.1) is 11.3 Å². The molecule has 76 valence electrons. The van der Waals surface area contributed by atoms with Gasteiger partial charge in [-0.2, -0.15) is 0 Å². The van der Waals surface area contributed by atoms with Gasteiger partial charge in [-0.1, -0.05) is 0 Å². The van der Waals surface area contributed by atoms with Crippen molar-refractivity contribution >= 4 is 17.6 Å². The van der Waals surface area contributed by atoms with E-state index in [-0.39, 0.29) is 0 Å². The molecule has 0 amide bonds. The molecular formula is C10H5F2NOS. The fraction of sp³-hybridized carbons (Fsp3) is 0. The van der Waals surface area contributed by atoms with Gasteiger partial charge in [-0.25, -0.2) is 13.8 Å². The Labute approximate surface area is 88.2 Å². The second kappa shape index (κ2) is 3.86. The average molecular weight is 225 g/mol. The highest BCUT2D eigenvalue weighted by molar-refractivity contribution is 7.11. The van der Waals surface area contributed by atoms with E-state index in [4.69, 9.17) is 0 Å². The normalized spacial score (nSPS) is 10.3. The van der Waals surface area contributed by atoms with Crippen LogP contribution in [-0.4, -0.2) is 11.3 Å². The Morgan fingerprint density at radius 3 is 2.67 bits per heavy atom. The van der Waals surface area contributed by atoms with Crippen LogP contribution in [0.3, 0.4) is 0 Å². The van der Waals surface area contributed by atoms with Gasteiger partial charge in [0.1, 0.15) is 0 Å². The molecule has 2 aromatic rings. The molecule has 0 N–H and O–H groups in total. The second-order valence-corrected chi connectivity index (χ2v) is 3.71. The van der Waals surface area contributed by atoms with Crippen LogP contribution in [0.1, 0.15) is 9.80 Å². The fourth-order valence-corrected chi connectivity index (χ4v) is 1.76. The van der Waals surface area contributed by atoms with Gasteiger partial charge in [0.25, 0.3) is 0 Å². The summed E-state index contributed by atoms with van der Waals surface area (Å²) in [6, 6.07) is 3.51. The van der Waals surface area contributed by atoms with Gasteiger partial charge in [0.15, 0.2) is 22.9 Å². The van der Waals surface area contributed by atoms with E-state index < -0.39 is 11.6 Å². The van der Waals surface area contributed by atoms with Gasteiger partial charge in [-0.05, 0) is 18.2 Å². The third-order valence-corrected chi connectivity index (χ3v) is 2.61. The van der Waals surface area contributed by atoms with Crippen LogP contribution < -0.4 is 0 Å². The molecule has 1 aromatic heterocycles. The summed E-state index contributed by atoms with van der Waals surface area (Å²) in [6.45, 7) is 0. The first kappa shape index (κ1) is 9.92. The molecule has 0 aliphatic rings. The smallest absolute Gasteiger partial charge is 0.178 e. The third-order valence-electron chi connectivity index (χ3n) is 1.84. The zero-order valence-corrected chi connectivity index (χ0v) is 8.22. The number of carbonyl (C=O) groups is 1. The monoisotopic (exact) mass is 225 g/mol. The maximum absolute atomic E-state index is 12.9. The van der Waals surface area contributed by atoms with Crippen molar-refractivity contribution < 1.29 is 13.6 Å². The summed E-state index contributed by atoms with van der Waals surface area (Å²) < 4.78 is 25.5. The quantitative estimate of drug-likeness (QED) is 0.735. The van der Waals surface area contributed by atoms with Crippen molar-refractivity contribution in [2.45, 2.75) is 0 Å². The van der Waals surface area contributed by atoms with E-state index in [1.54, 1.807) is 5.38 Å². The Morgan fingerprint density at radius 1 is 1.27 bits per heavy atom. The Bertz CT molecular complexity index is 510. The van der Waals surface area contributed by atoms with E-state index in [0.717, 1.165) is 23.5 Å². The van der Waals surface area contributed by atoms with E-state index in [1.165, 1.54) is 6.07 Å². The molecule has 0 saturated carbocycles. The molecule has 1 aromatic carbocycles. The Morgan fingerprint density at radius 2 is 2.07 bits per heavy atom. The number of carbonyl (C=O) groups excluding carboxylic acids is 1. The summed E-state index contributed by atoms with van der Waals surface area (Å²) in [6.07, 6.45) is 0.619. The van der Waals surface area contributed by atoms with Crippen LogP contribution in [0.2, 0.25) is 0 Å². The number of aldehydes is 1. The molecule has 5 heteroatoms. The molecule has 0 radical (unpaired) electrons. The Balaban J connectivity index is 2.44. The summed E-state index contributed by atoms with van der Waals surface area (Å²) in [4.78, 5) is 14.3. The lowest BCUT2D eigenvalue weighted by molar-refractivity contribution is 0.112. The first-order chi connectivity index (χ1) is 7.20. The number of nitrogens with zero attached hydrogens (tertiary/aromatic N) is 1. The zero-order chi connectivity index (χ0) is 10.8. The maximum atomic E-state index is 12.9. The van der Waals surface area contributed by atoms with Crippen LogP contribution >= 0.6 is 11.3 Å². The fourth-order valence-electron chi connectivity index (χ4n) is 1.13. The van der Waals surface area contributed by atoms with Gasteiger partial charge >= 0.3 is 0 Å². The van der Waals surface area contributed by atoms with Crippen LogP contribution in [0, 0.1) is 11.6 Å². The molecule has 0 spiro atoms. The van der Waals surface area contributed by atoms with Gasteiger partial charge < -0.3 is 0 Å². The predicted molar refractivity (Wildman–Crippen MR) is 52.9 cm³/mol. The van der Waals surface area contributed by atoms with E-state index in [0.29, 0.717) is 22.6 Å². The third kappa shape index (κ3) is 1.92. The molecule has 2 rings (SSSR count). The minimum atomic E-state index is -0.923. The van der Waals surface area contributed by atoms with E-state index >= 15 is 0 Å². The lowest BCUT2D eigenvalue weighted by Gasteiger charge is -1.97. The Hall–Kier alpha value is -1.62. The maximum Gasteiger partial charge on any atom is 0.178 e. The van der Waals surface area contributed by atoms with Crippen molar-refractivity contribution in [3.8, 4) is 11.3 Å². The number of thiazole rings is 1. The van der Waals surface area contributed by atoms with Gasteiger partial charge in [0.05, 0.1) is 5.69 Å². The molecule has 0 aliphatic carbocycles. The highest BCUT2D eigenvalue weighted by atomic mass is 32.1. The molecule has 15 heavy (non-hydrogen) atoms. The van der Waals surface area contributed by atoms with Crippen molar-refractivity contribution in [1.29, 1.82) is 0 Å². The SMILES string of the molecule is O=Cc1nc(-c2ccc(F)c(F)c2)cs1. The molecule has 1 heterocycles. The molecule has 0 unspecified atom stereocenters. The summed E-state index contributed by atoms with van der Waals surface area (Å²) in [5.74, 6) is -1.82. The van der Waals surface area contributed by atoms with Crippen molar-refractivity contribution in [1.82, 2.24) is 4.98 Å². The number of rotatable bonds is 2. The van der Waals surface area contributed by atoms with Gasteiger partial charge in [-0.3, -0.25) is 4.79 Å². The number of aromatic nitrogens is 1. The highest BCUT2D eigenvalue weighted by Gasteiger charge is 2.07. The van der Waals surface area contributed by atoms with E-state index in [1.807, 2.05) is 0 Å². The summed E-state index contributed by atoms with van der Waals surface area (Å²) >= 11 is 1.16. The van der Waals surface area contributed by atoms with Crippen LogP contribution in [0.25, 0.3) is 11.3 Å². The van der Waals surface area contributed by atoms with Crippen molar-refractivity contribution in [2.75, 3.05) is 0 Å². The van der Waals surface area contributed by atoms with Crippen LogP contribution in [0.15, 0.2) is 23.6 Å². The lowest BCUT2D eigenvalue weighted by Crippen LogP contribution is -1.86. The summed E-state index contributed by atoms with van der Waals surface area (Å²) in [7, 11) is 0. The van der Waals surface area contributed by atoms with Crippen molar-refractivity contribution in [2.24, 2.45) is 0 Å². The average Bonchev–Trinajstić information content (AvgIpc) is 2.70. The molecule has 2 nitrogen and oxygen atoms in total. The number of hydrogen-bond donors (Lipinski definition) is 0. The molecule has 0 saturated heterocycles. The summed E-state index contributed by atoms with van der Waals surface area (Å²) in [5.41, 5.74) is 0.930. The van der Waals surface area contributed by atoms with Crippen LogP contribution in [0.4, 0.5) is 8.78 Å². The van der Waals surface area contributed by atoms with E-state index in [2.05, 4.69) is 4.98 Å². The molecule has 0 bridgehead atoms. The molecule has 0 fully saturated rings. The lowest BCUT2D eigenvalue weighted by atomic mass is 10.2. The largest absolute Gasteiger partial charge is 0.295 e. The Kier molecular flexibility index (Phi) is 2.55. The standard InChI is InChI=1S/C10H5F2NOS/c11-7-2-1-6(3-8(7)12)9-5-15-10(4-14)13-9/h1-5H. The number of halogens is 2. The first-order valence-corrected chi connectivity index (χ1v) is 4.95. The predicted octanol–water partition coefficient (Wildman–Crippen LogP) is 2.90. The first-order valence-electron chi connectivity index (χ1n) is 4.07. The van der Waals surface area contributed by atoms with Crippen molar-refractivity contribution in [3.63, 3.8) is 0 Å². The van der Waals surface area contributed by atoms with Crippen LogP contribution in [0.5, 0.6) is 0 Å². The number of benzene rings is 1. The molecular weight excluding hydrogens is 220 g/mol. The van der Waals surface area contributed by atoms with Crippen LogP contribution in [-0.2, 0) is 0 Å². The molecule has 0 aliphatic heterocycles. The minimum absolute atomic E-state index is 0.315. The second-order valence-electron chi connectivity index (χ2n) is 2.82. The topological polar surface area (TPSA) is 30.0 Å². The summed E-state index contributed by atoms with van der Waals surface area (Å²) in [5, 5.41) is 1.94. The van der Waals surface area contributed by atoms with Gasteiger partial charge in [0, 0.05) is 10.9 Å². The van der Waals surface area contributed by atoms with E-state index in [9.17, 15) is 13.6 Å². The minimum Gasteiger partial charge on any atom is -0.295 e. The van der Waals surface area contributed by atoms with Gasteiger partial charge in [0.2, 0.25) is 0 Å². The highest BCUT2D eigenvalue weighted by Crippen LogP contribution is 2.22. The number of hydrogen-bond acceptors (Lipinski definition) is 3. The zero-order valence-electron chi connectivity index (χ0n) is 7.41. The molecule has 0 atom stereocenters.